The van der Waals surface area contributed by atoms with Crippen LogP contribution in [0.15, 0.2) is 24.3 Å². The predicted molar refractivity (Wildman–Crippen MR) is 81.1 cm³/mol. The van der Waals surface area contributed by atoms with Crippen molar-refractivity contribution in [2.45, 2.75) is 19.3 Å². The maximum absolute atomic E-state index is 11.9. The summed E-state index contributed by atoms with van der Waals surface area (Å²) < 4.78 is 4.66. The zero-order chi connectivity index (χ0) is 15.9. The number of hydrogen-bond donors (Lipinski definition) is 1. The monoisotopic (exact) mass is 306 g/mol. The van der Waals surface area contributed by atoms with Gasteiger partial charge in [-0.1, -0.05) is 12.1 Å². The molecule has 1 amide bonds. The highest BCUT2D eigenvalue weighted by Crippen LogP contribution is 2.14. The minimum atomic E-state index is -0.351. The lowest BCUT2D eigenvalue weighted by atomic mass is 10.1. The molecule has 0 radical (unpaired) electrons. The van der Waals surface area contributed by atoms with Crippen LogP contribution in [0.5, 0.6) is 0 Å². The van der Waals surface area contributed by atoms with E-state index in [0.717, 1.165) is 18.5 Å². The molecule has 1 aromatic rings. The van der Waals surface area contributed by atoms with Crippen LogP contribution in [0.3, 0.4) is 0 Å². The molecule has 0 aromatic heterocycles. The number of nitrogens with zero attached hydrogens (tertiary/aromatic N) is 2. The van der Waals surface area contributed by atoms with Crippen molar-refractivity contribution in [1.82, 2.24) is 10.0 Å². The van der Waals surface area contributed by atoms with E-state index in [1.54, 1.807) is 17.1 Å². The minimum absolute atomic E-state index is 0.129. The number of carbonyl (C=O) groups is 2. The second kappa shape index (κ2) is 7.91. The number of carbonyl (C=O) groups excluding carboxylic acids is 2. The number of benzene rings is 1. The molecular formula is C16H22N2O4. The molecule has 1 aliphatic rings. The fourth-order valence-electron chi connectivity index (χ4n) is 2.54. The van der Waals surface area contributed by atoms with Crippen molar-refractivity contribution in [2.24, 2.45) is 0 Å². The van der Waals surface area contributed by atoms with Gasteiger partial charge in [0, 0.05) is 32.7 Å². The highest BCUT2D eigenvalue weighted by atomic mass is 16.5. The van der Waals surface area contributed by atoms with Crippen LogP contribution in [0.1, 0.15) is 28.8 Å². The number of ether oxygens (including phenoxy) is 1. The van der Waals surface area contributed by atoms with E-state index in [1.807, 2.05) is 17.1 Å². The van der Waals surface area contributed by atoms with E-state index in [-0.39, 0.29) is 18.5 Å². The van der Waals surface area contributed by atoms with Gasteiger partial charge in [0.25, 0.3) is 0 Å². The summed E-state index contributed by atoms with van der Waals surface area (Å²) in [5.41, 5.74) is 1.59. The topological polar surface area (TPSA) is 70.1 Å². The van der Waals surface area contributed by atoms with Crippen LogP contribution in [0.2, 0.25) is 0 Å². The molecule has 6 nitrogen and oxygen atoms in total. The molecule has 1 N–H and O–H groups in total. The van der Waals surface area contributed by atoms with Crippen LogP contribution in [0, 0.1) is 0 Å². The molecule has 2 rings (SSSR count). The lowest BCUT2D eigenvalue weighted by molar-refractivity contribution is -0.138. The number of methoxy groups -OCH3 is 1. The van der Waals surface area contributed by atoms with E-state index >= 15 is 0 Å². The van der Waals surface area contributed by atoms with Crippen LogP contribution < -0.4 is 0 Å². The molecule has 0 unspecified atom stereocenters. The lowest BCUT2D eigenvalue weighted by Crippen LogP contribution is -2.41. The Labute approximate surface area is 130 Å². The summed E-state index contributed by atoms with van der Waals surface area (Å²) in [7, 11) is 1.36. The number of aliphatic hydroxyl groups excluding tert-OH is 1. The van der Waals surface area contributed by atoms with Crippen molar-refractivity contribution in [3.63, 3.8) is 0 Å². The third kappa shape index (κ3) is 4.05. The Morgan fingerprint density at radius 2 is 2.00 bits per heavy atom. The van der Waals surface area contributed by atoms with E-state index in [2.05, 4.69) is 4.74 Å². The number of hydrogen-bond acceptors (Lipinski definition) is 5. The first-order valence-corrected chi connectivity index (χ1v) is 7.49. The van der Waals surface area contributed by atoms with Crippen molar-refractivity contribution in [3.05, 3.63) is 35.4 Å². The molecule has 22 heavy (non-hydrogen) atoms. The molecule has 1 saturated heterocycles. The molecule has 1 aliphatic heterocycles. The Morgan fingerprint density at radius 1 is 1.27 bits per heavy atom. The second-order valence-corrected chi connectivity index (χ2v) is 5.24. The Hall–Kier alpha value is -1.92. The molecule has 120 valence electrons. The average molecular weight is 306 g/mol. The van der Waals surface area contributed by atoms with Crippen LogP contribution in [0.25, 0.3) is 0 Å². The van der Waals surface area contributed by atoms with Gasteiger partial charge < -0.3 is 9.84 Å². The molecule has 0 bridgehead atoms. The van der Waals surface area contributed by atoms with E-state index in [1.165, 1.54) is 7.11 Å². The number of aliphatic hydroxyl groups is 1. The summed E-state index contributed by atoms with van der Waals surface area (Å²) in [6, 6.07) is 7.22. The van der Waals surface area contributed by atoms with Crippen LogP contribution in [-0.2, 0) is 16.0 Å². The first kappa shape index (κ1) is 16.5. The van der Waals surface area contributed by atoms with Gasteiger partial charge in [-0.05, 0) is 30.5 Å². The van der Waals surface area contributed by atoms with E-state index in [9.17, 15) is 9.59 Å². The lowest BCUT2D eigenvalue weighted by Gasteiger charge is -2.27. The fraction of sp³-hybridized carbons (Fsp3) is 0.500. The predicted octanol–water partition coefficient (Wildman–Crippen LogP) is 0.847. The summed E-state index contributed by atoms with van der Waals surface area (Å²) >= 11 is 0. The summed E-state index contributed by atoms with van der Waals surface area (Å²) in [5.74, 6) is -0.222. The van der Waals surface area contributed by atoms with Crippen LogP contribution in [0.4, 0.5) is 0 Å². The molecule has 6 heteroatoms. The Balaban J connectivity index is 1.90. The Bertz CT molecular complexity index is 515. The highest BCUT2D eigenvalue weighted by molar-refractivity contribution is 5.89. The smallest absolute Gasteiger partial charge is 0.337 e. The van der Waals surface area contributed by atoms with Gasteiger partial charge in [-0.2, -0.15) is 0 Å². The van der Waals surface area contributed by atoms with Crippen molar-refractivity contribution in [1.29, 1.82) is 0 Å². The highest BCUT2D eigenvalue weighted by Gasteiger charge is 2.27. The minimum Gasteiger partial charge on any atom is -0.465 e. The van der Waals surface area contributed by atoms with Gasteiger partial charge in [0.05, 0.1) is 12.7 Å². The molecule has 0 aliphatic carbocycles. The second-order valence-electron chi connectivity index (χ2n) is 5.24. The van der Waals surface area contributed by atoms with Crippen molar-refractivity contribution in [2.75, 3.05) is 33.4 Å². The fourth-order valence-corrected chi connectivity index (χ4v) is 2.54. The van der Waals surface area contributed by atoms with Gasteiger partial charge in [-0.15, -0.1) is 0 Å². The molecule has 0 atom stereocenters. The van der Waals surface area contributed by atoms with Crippen molar-refractivity contribution in [3.8, 4) is 0 Å². The average Bonchev–Trinajstić information content (AvgIpc) is 2.90. The van der Waals surface area contributed by atoms with E-state index in [4.69, 9.17) is 5.11 Å². The number of amides is 1. The Kier molecular flexibility index (Phi) is 5.91. The first-order chi connectivity index (χ1) is 10.7. The van der Waals surface area contributed by atoms with Gasteiger partial charge in [-0.3, -0.25) is 9.80 Å². The summed E-state index contributed by atoms with van der Waals surface area (Å²) in [4.78, 5) is 23.3. The normalized spacial score (nSPS) is 15.4. The number of rotatable bonds is 7. The van der Waals surface area contributed by atoms with Gasteiger partial charge in [0.15, 0.2) is 0 Å². The van der Waals surface area contributed by atoms with Gasteiger partial charge >= 0.3 is 5.97 Å². The Morgan fingerprint density at radius 3 is 2.64 bits per heavy atom. The number of hydrazine groups is 1. The molecule has 1 heterocycles. The third-order valence-electron chi connectivity index (χ3n) is 3.77. The van der Waals surface area contributed by atoms with E-state index < -0.39 is 0 Å². The molecular weight excluding hydrogens is 284 g/mol. The molecule has 0 spiro atoms. The maximum Gasteiger partial charge on any atom is 0.337 e. The third-order valence-corrected chi connectivity index (χ3v) is 3.77. The van der Waals surface area contributed by atoms with Gasteiger partial charge in [0.1, 0.15) is 0 Å². The largest absolute Gasteiger partial charge is 0.465 e. The summed E-state index contributed by atoms with van der Waals surface area (Å²) in [5, 5.41) is 12.7. The number of esters is 1. The zero-order valence-corrected chi connectivity index (χ0v) is 12.8. The summed E-state index contributed by atoms with van der Waals surface area (Å²) in [6.45, 7) is 2.17. The van der Waals surface area contributed by atoms with Crippen molar-refractivity contribution >= 4 is 11.9 Å². The maximum atomic E-state index is 11.9. The van der Waals surface area contributed by atoms with Crippen LogP contribution in [-0.4, -0.2) is 60.4 Å². The van der Waals surface area contributed by atoms with Crippen molar-refractivity contribution < 1.29 is 19.4 Å². The van der Waals surface area contributed by atoms with Crippen LogP contribution >= 0.6 is 0 Å². The molecule has 1 fully saturated rings. The standard InChI is InChI=1S/C16H22N2O4/c1-22-16(21)14-5-3-13(4-6-14)7-11-18-15(20)8-10-17(18)9-2-12-19/h3-6,19H,2,7-12H2,1H3. The zero-order valence-electron chi connectivity index (χ0n) is 12.8. The first-order valence-electron chi connectivity index (χ1n) is 7.49. The summed E-state index contributed by atoms with van der Waals surface area (Å²) in [6.07, 6.45) is 1.92. The van der Waals surface area contributed by atoms with E-state index in [0.29, 0.717) is 31.5 Å². The van der Waals surface area contributed by atoms with Gasteiger partial charge in [-0.25, -0.2) is 9.80 Å². The SMILES string of the molecule is COC(=O)c1ccc(CCN2C(=O)CCN2CCCO)cc1. The molecule has 0 saturated carbocycles. The van der Waals surface area contributed by atoms with Gasteiger partial charge in [0.2, 0.25) is 5.91 Å². The molecule has 1 aromatic carbocycles. The quantitative estimate of drug-likeness (QED) is 0.756.